The third kappa shape index (κ3) is 3.22. The van der Waals surface area contributed by atoms with Crippen molar-refractivity contribution in [2.75, 3.05) is 0 Å². The largest absolute Gasteiger partial charge is 0.390 e. The van der Waals surface area contributed by atoms with Gasteiger partial charge in [0.05, 0.1) is 11.8 Å². The van der Waals surface area contributed by atoms with Crippen molar-refractivity contribution in [1.29, 1.82) is 5.26 Å². The van der Waals surface area contributed by atoms with Crippen molar-refractivity contribution in [1.82, 2.24) is 15.0 Å². The summed E-state index contributed by atoms with van der Waals surface area (Å²) in [4.78, 5) is 13.2. The number of carbonyl (C=O) groups is 1. The van der Waals surface area contributed by atoms with Crippen LogP contribution < -0.4 is 0 Å². The maximum Gasteiger partial charge on any atom is 0.254 e. The van der Waals surface area contributed by atoms with E-state index in [0.717, 1.165) is 25.7 Å². The fraction of sp³-hybridized carbons (Fsp3) is 0.833. The SMILES string of the molecule is C[C@@]1(O)CC[C@H]2[C@H](CCC3[C@@H]2CC(F)(F)[C@]2(C)[C@@H](C(=O)Cn4cc(C#N)nn4)CC[C@@H]32)C1. The summed E-state index contributed by atoms with van der Waals surface area (Å²) < 4.78 is 33.2. The first kappa shape index (κ1) is 21.9. The molecule has 0 saturated heterocycles. The molecule has 4 saturated carbocycles. The van der Waals surface area contributed by atoms with E-state index in [1.165, 1.54) is 10.9 Å². The number of aliphatic hydroxyl groups is 1. The lowest BCUT2D eigenvalue weighted by atomic mass is 9.47. The third-order valence-corrected chi connectivity index (χ3v) is 9.71. The monoisotopic (exact) mass is 446 g/mol. The van der Waals surface area contributed by atoms with Gasteiger partial charge in [0.25, 0.3) is 5.92 Å². The quantitative estimate of drug-likeness (QED) is 0.758. The van der Waals surface area contributed by atoms with Crippen LogP contribution in [0.2, 0.25) is 0 Å². The van der Waals surface area contributed by atoms with Crippen LogP contribution in [0.25, 0.3) is 0 Å². The minimum absolute atomic E-state index is 0.0136. The molecule has 4 aliphatic carbocycles. The van der Waals surface area contributed by atoms with Crippen LogP contribution in [0.4, 0.5) is 8.78 Å². The molecule has 6 nitrogen and oxygen atoms in total. The molecule has 1 unspecified atom stereocenters. The summed E-state index contributed by atoms with van der Waals surface area (Å²) >= 11 is 0. The van der Waals surface area contributed by atoms with E-state index in [1.807, 2.05) is 13.0 Å². The Balaban J connectivity index is 1.39. The van der Waals surface area contributed by atoms with Gasteiger partial charge in [0.15, 0.2) is 11.5 Å². The van der Waals surface area contributed by atoms with E-state index in [2.05, 4.69) is 10.3 Å². The lowest BCUT2D eigenvalue weighted by molar-refractivity contribution is -0.228. The minimum Gasteiger partial charge on any atom is -0.390 e. The summed E-state index contributed by atoms with van der Waals surface area (Å²) in [5.74, 6) is -3.18. The molecule has 32 heavy (non-hydrogen) atoms. The van der Waals surface area contributed by atoms with Crippen molar-refractivity contribution in [2.24, 2.45) is 40.9 Å². The van der Waals surface area contributed by atoms with Gasteiger partial charge in [-0.15, -0.1) is 5.10 Å². The fourth-order valence-electron chi connectivity index (χ4n) is 8.25. The molecule has 0 radical (unpaired) electrons. The first-order chi connectivity index (χ1) is 15.1. The maximum absolute atomic E-state index is 16.0. The molecule has 0 aromatic carbocycles. The maximum atomic E-state index is 16.0. The molecule has 0 bridgehead atoms. The number of Topliss-reactive ketones (excluding diaryl/α,β-unsaturated/α-hetero) is 1. The number of hydrogen-bond donors (Lipinski definition) is 1. The Morgan fingerprint density at radius 3 is 2.69 bits per heavy atom. The highest BCUT2D eigenvalue weighted by molar-refractivity contribution is 5.82. The molecule has 0 aliphatic heterocycles. The highest BCUT2D eigenvalue weighted by Gasteiger charge is 2.70. The zero-order valence-corrected chi connectivity index (χ0v) is 18.8. The number of hydrogen-bond acceptors (Lipinski definition) is 5. The van der Waals surface area contributed by atoms with Gasteiger partial charge in [-0.3, -0.25) is 4.79 Å². The van der Waals surface area contributed by atoms with E-state index in [0.29, 0.717) is 25.2 Å². The smallest absolute Gasteiger partial charge is 0.254 e. The number of ketones is 1. The van der Waals surface area contributed by atoms with Gasteiger partial charge >= 0.3 is 0 Å². The number of carbonyl (C=O) groups excluding carboxylic acids is 1. The number of alkyl halides is 2. The van der Waals surface area contributed by atoms with E-state index >= 15 is 8.78 Å². The Morgan fingerprint density at radius 2 is 1.97 bits per heavy atom. The van der Waals surface area contributed by atoms with Crippen molar-refractivity contribution in [3.63, 3.8) is 0 Å². The Labute approximate surface area is 187 Å². The average molecular weight is 447 g/mol. The van der Waals surface area contributed by atoms with Gasteiger partial charge in [0, 0.05) is 17.8 Å². The molecule has 5 rings (SSSR count). The first-order valence-corrected chi connectivity index (χ1v) is 12.0. The number of nitriles is 1. The predicted octanol–water partition coefficient (Wildman–Crippen LogP) is 3.98. The van der Waals surface area contributed by atoms with Gasteiger partial charge in [-0.2, -0.15) is 5.26 Å². The Bertz CT molecular complexity index is 954. The second kappa shape index (κ2) is 7.31. The molecule has 1 heterocycles. The molecule has 4 fully saturated rings. The molecule has 8 atom stereocenters. The minimum atomic E-state index is -2.91. The predicted molar refractivity (Wildman–Crippen MR) is 111 cm³/mol. The van der Waals surface area contributed by atoms with E-state index in [-0.39, 0.29) is 48.1 Å². The molecule has 4 aliphatic rings. The zero-order chi connectivity index (χ0) is 22.9. The lowest BCUT2D eigenvalue weighted by Crippen LogP contribution is -2.59. The Kier molecular flexibility index (Phi) is 5.01. The van der Waals surface area contributed by atoms with E-state index < -0.39 is 22.9 Å². The van der Waals surface area contributed by atoms with Gasteiger partial charge in [0.1, 0.15) is 12.6 Å². The van der Waals surface area contributed by atoms with Crippen LogP contribution in [0.15, 0.2) is 6.20 Å². The van der Waals surface area contributed by atoms with E-state index in [4.69, 9.17) is 5.26 Å². The van der Waals surface area contributed by atoms with Crippen LogP contribution >= 0.6 is 0 Å². The molecule has 0 amide bonds. The van der Waals surface area contributed by atoms with E-state index in [9.17, 15) is 9.90 Å². The topological polar surface area (TPSA) is 91.8 Å². The summed E-state index contributed by atoms with van der Waals surface area (Å²) in [5.41, 5.74) is -1.89. The normalized spacial score (nSPS) is 44.8. The van der Waals surface area contributed by atoms with Crippen molar-refractivity contribution < 1.29 is 18.7 Å². The molecule has 1 N–H and O–H groups in total. The molecule has 1 aromatic rings. The third-order valence-electron chi connectivity index (χ3n) is 9.71. The number of fused-ring (bicyclic) bond motifs is 5. The van der Waals surface area contributed by atoms with Gasteiger partial charge < -0.3 is 5.11 Å². The standard InChI is InChI=1S/C24H32F2N4O2/c1-22(32)8-7-16-14(9-22)3-4-17-18(16)10-24(25,26)23(2)19(17)5-6-20(23)21(31)13-30-12-15(11-27)28-29-30/h12,14,16-20,32H,3-10,13H2,1-2H3/t14-,16+,17?,18-,19+,20-,22-,23+/m1/s1. The summed E-state index contributed by atoms with van der Waals surface area (Å²) in [6, 6.07) is 1.87. The number of halogens is 2. The molecular weight excluding hydrogens is 414 g/mol. The Morgan fingerprint density at radius 1 is 1.19 bits per heavy atom. The van der Waals surface area contributed by atoms with Gasteiger partial charge in [0.2, 0.25) is 0 Å². The van der Waals surface area contributed by atoms with Crippen LogP contribution in [0.1, 0.15) is 70.9 Å². The van der Waals surface area contributed by atoms with Crippen molar-refractivity contribution in [3.05, 3.63) is 11.9 Å². The summed E-state index contributed by atoms with van der Waals surface area (Å²) in [6.07, 6.45) is 6.56. The van der Waals surface area contributed by atoms with Gasteiger partial charge in [-0.1, -0.05) is 12.1 Å². The van der Waals surface area contributed by atoms with Crippen molar-refractivity contribution in [2.45, 2.75) is 83.3 Å². The summed E-state index contributed by atoms with van der Waals surface area (Å²) in [5, 5.41) is 26.9. The molecule has 1 aromatic heterocycles. The second-order valence-corrected chi connectivity index (χ2v) is 11.4. The molecular formula is C24H32F2N4O2. The molecule has 8 heteroatoms. The summed E-state index contributed by atoms with van der Waals surface area (Å²) in [7, 11) is 0. The van der Waals surface area contributed by atoms with Crippen molar-refractivity contribution in [3.8, 4) is 6.07 Å². The number of rotatable bonds is 3. The van der Waals surface area contributed by atoms with E-state index in [1.54, 1.807) is 6.92 Å². The van der Waals surface area contributed by atoms with Crippen LogP contribution in [-0.2, 0) is 11.3 Å². The Hall–Kier alpha value is -1.88. The van der Waals surface area contributed by atoms with Gasteiger partial charge in [-0.25, -0.2) is 13.5 Å². The second-order valence-electron chi connectivity index (χ2n) is 11.4. The average Bonchev–Trinajstić information content (AvgIpc) is 3.32. The fourth-order valence-corrected chi connectivity index (χ4v) is 8.25. The lowest BCUT2D eigenvalue weighted by Gasteiger charge is -2.59. The molecule has 0 spiro atoms. The van der Waals surface area contributed by atoms with Crippen LogP contribution in [0.5, 0.6) is 0 Å². The summed E-state index contributed by atoms with van der Waals surface area (Å²) in [6.45, 7) is 3.42. The zero-order valence-electron chi connectivity index (χ0n) is 18.8. The van der Waals surface area contributed by atoms with Crippen LogP contribution in [-0.4, -0.2) is 37.4 Å². The highest BCUT2D eigenvalue weighted by Crippen LogP contribution is 2.69. The van der Waals surface area contributed by atoms with Crippen LogP contribution in [0.3, 0.4) is 0 Å². The highest BCUT2D eigenvalue weighted by atomic mass is 19.3. The molecule has 174 valence electrons. The number of nitrogens with zero attached hydrogens (tertiary/aromatic N) is 4. The first-order valence-electron chi connectivity index (χ1n) is 12.0. The van der Waals surface area contributed by atoms with Crippen LogP contribution in [0, 0.1) is 52.3 Å². The van der Waals surface area contributed by atoms with Crippen molar-refractivity contribution >= 4 is 5.78 Å². The number of aromatic nitrogens is 3. The van der Waals surface area contributed by atoms with Gasteiger partial charge in [-0.05, 0) is 81.5 Å².